The van der Waals surface area contributed by atoms with Crippen LogP contribution in [0.25, 0.3) is 0 Å². The number of amides is 1. The quantitative estimate of drug-likeness (QED) is 0.774. The molecule has 0 bridgehead atoms. The van der Waals surface area contributed by atoms with Crippen LogP contribution < -0.4 is 5.32 Å². The van der Waals surface area contributed by atoms with Gasteiger partial charge in [-0.05, 0) is 25.8 Å². The zero-order chi connectivity index (χ0) is 13.6. The summed E-state index contributed by atoms with van der Waals surface area (Å²) in [4.78, 5) is 11.9. The first-order valence-corrected chi connectivity index (χ1v) is 6.51. The van der Waals surface area contributed by atoms with E-state index in [9.17, 15) is 4.79 Å². The molecule has 1 rings (SSSR count). The third-order valence-corrected chi connectivity index (χ3v) is 3.23. The van der Waals surface area contributed by atoms with E-state index in [0.29, 0.717) is 13.0 Å². The highest BCUT2D eigenvalue weighted by Crippen LogP contribution is 2.09. The third kappa shape index (κ3) is 5.10. The third-order valence-electron chi connectivity index (χ3n) is 2.82. The summed E-state index contributed by atoms with van der Waals surface area (Å²) in [6.07, 6.45) is 0.628. The van der Waals surface area contributed by atoms with Crippen LogP contribution in [-0.2, 0) is 16.0 Å². The standard InChI is InChI=1S/C14H21NO2S/c1-14(2,17-3)10-15-13(16)12(18)9-11-7-5-4-6-8-11/h4-8,12,18H,9-10H2,1-3H3,(H,15,16). The van der Waals surface area contributed by atoms with E-state index in [1.165, 1.54) is 0 Å². The first-order valence-electron chi connectivity index (χ1n) is 5.99. The molecule has 3 nitrogen and oxygen atoms in total. The van der Waals surface area contributed by atoms with Gasteiger partial charge in [-0.3, -0.25) is 4.79 Å². The van der Waals surface area contributed by atoms with E-state index in [1.54, 1.807) is 7.11 Å². The van der Waals surface area contributed by atoms with Crippen molar-refractivity contribution in [3.8, 4) is 0 Å². The summed E-state index contributed by atoms with van der Waals surface area (Å²) in [6, 6.07) is 9.87. The Hall–Kier alpha value is -1.00. The Labute approximate surface area is 114 Å². The van der Waals surface area contributed by atoms with Crippen LogP contribution in [0.1, 0.15) is 19.4 Å². The van der Waals surface area contributed by atoms with Crippen molar-refractivity contribution in [1.29, 1.82) is 0 Å². The highest BCUT2D eigenvalue weighted by molar-refractivity contribution is 7.81. The number of ether oxygens (including phenoxy) is 1. The van der Waals surface area contributed by atoms with E-state index in [0.717, 1.165) is 5.56 Å². The second-order valence-corrected chi connectivity index (χ2v) is 5.51. The minimum atomic E-state index is -0.351. The second kappa shape index (κ2) is 6.81. The van der Waals surface area contributed by atoms with Crippen LogP contribution in [-0.4, -0.2) is 30.4 Å². The molecule has 0 aromatic heterocycles. The van der Waals surface area contributed by atoms with Gasteiger partial charge in [0, 0.05) is 13.7 Å². The van der Waals surface area contributed by atoms with Gasteiger partial charge in [0.25, 0.3) is 0 Å². The van der Waals surface area contributed by atoms with Crippen molar-refractivity contribution in [2.45, 2.75) is 31.1 Å². The van der Waals surface area contributed by atoms with Crippen molar-refractivity contribution >= 4 is 18.5 Å². The molecule has 1 aromatic rings. The first kappa shape index (κ1) is 15.1. The van der Waals surface area contributed by atoms with Crippen LogP contribution in [0.4, 0.5) is 0 Å². The van der Waals surface area contributed by atoms with Crippen LogP contribution in [0.15, 0.2) is 30.3 Å². The average Bonchev–Trinajstić information content (AvgIpc) is 2.37. The Morgan fingerprint density at radius 2 is 2.00 bits per heavy atom. The minimum absolute atomic E-state index is 0.0627. The number of carbonyl (C=O) groups is 1. The van der Waals surface area contributed by atoms with Gasteiger partial charge in [-0.2, -0.15) is 12.6 Å². The number of nitrogens with one attached hydrogen (secondary N) is 1. The summed E-state index contributed by atoms with van der Waals surface area (Å²) >= 11 is 4.34. The number of methoxy groups -OCH3 is 1. The molecule has 0 aliphatic rings. The Bertz CT molecular complexity index is 379. The summed E-state index contributed by atoms with van der Waals surface area (Å²) in [5.74, 6) is -0.0627. The van der Waals surface area contributed by atoms with Crippen LogP contribution in [0.2, 0.25) is 0 Å². The molecule has 0 fully saturated rings. The van der Waals surface area contributed by atoms with E-state index in [1.807, 2.05) is 44.2 Å². The lowest BCUT2D eigenvalue weighted by molar-refractivity contribution is -0.121. The Balaban J connectivity index is 2.43. The van der Waals surface area contributed by atoms with Gasteiger partial charge in [0.1, 0.15) is 0 Å². The van der Waals surface area contributed by atoms with Gasteiger partial charge in [0.05, 0.1) is 10.9 Å². The highest BCUT2D eigenvalue weighted by atomic mass is 32.1. The second-order valence-electron chi connectivity index (χ2n) is 4.89. The molecule has 4 heteroatoms. The molecule has 1 unspecified atom stereocenters. The molecule has 0 aliphatic carbocycles. The smallest absolute Gasteiger partial charge is 0.233 e. The largest absolute Gasteiger partial charge is 0.377 e. The lowest BCUT2D eigenvalue weighted by atomic mass is 10.1. The molecular weight excluding hydrogens is 246 g/mol. The van der Waals surface area contributed by atoms with Crippen molar-refractivity contribution in [3.63, 3.8) is 0 Å². The average molecular weight is 267 g/mol. The minimum Gasteiger partial charge on any atom is -0.377 e. The summed E-state index contributed by atoms with van der Waals surface area (Å²) in [5, 5.41) is 2.52. The fourth-order valence-corrected chi connectivity index (χ4v) is 1.72. The lowest BCUT2D eigenvalue weighted by Gasteiger charge is -2.24. The normalized spacial score (nSPS) is 13.1. The Morgan fingerprint density at radius 3 is 2.56 bits per heavy atom. The van der Waals surface area contributed by atoms with Crippen LogP contribution in [0, 0.1) is 0 Å². The van der Waals surface area contributed by atoms with Gasteiger partial charge in [-0.15, -0.1) is 0 Å². The molecule has 0 spiro atoms. The molecule has 1 amide bonds. The van der Waals surface area contributed by atoms with Crippen molar-refractivity contribution in [2.24, 2.45) is 0 Å². The van der Waals surface area contributed by atoms with Crippen LogP contribution in [0.3, 0.4) is 0 Å². The van der Waals surface area contributed by atoms with Gasteiger partial charge in [0.15, 0.2) is 0 Å². The predicted molar refractivity (Wildman–Crippen MR) is 77.0 cm³/mol. The van der Waals surface area contributed by atoms with Crippen molar-refractivity contribution in [3.05, 3.63) is 35.9 Å². The maximum Gasteiger partial charge on any atom is 0.233 e. The first-order chi connectivity index (χ1) is 8.44. The predicted octanol–water partition coefficient (Wildman–Crippen LogP) is 2.07. The number of rotatable bonds is 6. The van der Waals surface area contributed by atoms with Crippen molar-refractivity contribution < 1.29 is 9.53 Å². The SMILES string of the molecule is COC(C)(C)CNC(=O)C(S)Cc1ccccc1. The van der Waals surface area contributed by atoms with E-state index in [4.69, 9.17) is 4.74 Å². The maximum atomic E-state index is 11.9. The summed E-state index contributed by atoms with van der Waals surface area (Å²) in [6.45, 7) is 4.34. The van der Waals surface area contributed by atoms with E-state index in [2.05, 4.69) is 17.9 Å². The number of hydrogen-bond acceptors (Lipinski definition) is 3. The molecule has 1 atom stereocenters. The van der Waals surface area contributed by atoms with Crippen LogP contribution >= 0.6 is 12.6 Å². The summed E-state index contributed by atoms with van der Waals surface area (Å²) in [5.41, 5.74) is 0.759. The van der Waals surface area contributed by atoms with Gasteiger partial charge < -0.3 is 10.1 Å². The Morgan fingerprint density at radius 1 is 1.39 bits per heavy atom. The maximum absolute atomic E-state index is 11.9. The highest BCUT2D eigenvalue weighted by Gasteiger charge is 2.20. The molecule has 1 N–H and O–H groups in total. The molecule has 0 saturated heterocycles. The molecule has 0 heterocycles. The zero-order valence-electron chi connectivity index (χ0n) is 11.1. The molecule has 1 aromatic carbocycles. The monoisotopic (exact) mass is 267 g/mol. The fraction of sp³-hybridized carbons (Fsp3) is 0.500. The summed E-state index contributed by atoms with van der Waals surface area (Å²) in [7, 11) is 1.63. The number of thiol groups is 1. The molecule has 0 radical (unpaired) electrons. The number of carbonyl (C=O) groups excluding carboxylic acids is 1. The van der Waals surface area contributed by atoms with E-state index < -0.39 is 0 Å². The van der Waals surface area contributed by atoms with Crippen molar-refractivity contribution in [2.75, 3.05) is 13.7 Å². The van der Waals surface area contributed by atoms with Crippen molar-refractivity contribution in [1.82, 2.24) is 5.32 Å². The molecule has 18 heavy (non-hydrogen) atoms. The molecule has 0 saturated carbocycles. The number of hydrogen-bond donors (Lipinski definition) is 2. The topological polar surface area (TPSA) is 38.3 Å². The lowest BCUT2D eigenvalue weighted by Crippen LogP contribution is -2.43. The van der Waals surface area contributed by atoms with E-state index in [-0.39, 0.29) is 16.8 Å². The molecule has 0 aliphatic heterocycles. The molecular formula is C14H21NO2S. The van der Waals surface area contributed by atoms with Gasteiger partial charge in [-0.1, -0.05) is 30.3 Å². The summed E-state index contributed by atoms with van der Waals surface area (Å²) < 4.78 is 5.25. The van der Waals surface area contributed by atoms with Gasteiger partial charge in [0.2, 0.25) is 5.91 Å². The van der Waals surface area contributed by atoms with Gasteiger partial charge >= 0.3 is 0 Å². The Kier molecular flexibility index (Phi) is 5.69. The molecule has 100 valence electrons. The fourth-order valence-electron chi connectivity index (χ4n) is 1.42. The zero-order valence-corrected chi connectivity index (χ0v) is 12.0. The van der Waals surface area contributed by atoms with Crippen LogP contribution in [0.5, 0.6) is 0 Å². The number of benzene rings is 1. The van der Waals surface area contributed by atoms with E-state index >= 15 is 0 Å². The van der Waals surface area contributed by atoms with Gasteiger partial charge in [-0.25, -0.2) is 0 Å².